The average molecular weight is 260 g/mol. The summed E-state index contributed by atoms with van der Waals surface area (Å²) < 4.78 is 24.3. The first-order chi connectivity index (χ1) is 8.15. The molecule has 17 heavy (non-hydrogen) atoms. The number of nitrogens with two attached hydrogens (primary N) is 1. The van der Waals surface area contributed by atoms with Gasteiger partial charge in [-0.25, -0.2) is 4.39 Å². The lowest BCUT2D eigenvalue weighted by Gasteiger charge is -2.20. The Balaban J connectivity index is 2.47. The third-order valence-electron chi connectivity index (χ3n) is 2.39. The van der Waals surface area contributed by atoms with Crippen molar-refractivity contribution in [2.75, 3.05) is 19.8 Å². The molecule has 4 nitrogen and oxygen atoms in total. The van der Waals surface area contributed by atoms with E-state index in [2.05, 4.69) is 0 Å². The standard InChI is InChI=1S/C11H11ClFNO3/c12-9-10(13)6(7(15)1-2-14)5-8-11(9)17-4-3-16-8/h5H,1-4,14H2. The van der Waals surface area contributed by atoms with Crippen molar-refractivity contribution in [1.29, 1.82) is 0 Å². The summed E-state index contributed by atoms with van der Waals surface area (Å²) in [5.41, 5.74) is 5.15. The molecule has 0 radical (unpaired) electrons. The van der Waals surface area contributed by atoms with Gasteiger partial charge in [-0.05, 0) is 12.6 Å². The van der Waals surface area contributed by atoms with Crippen LogP contribution in [0.5, 0.6) is 11.5 Å². The fourth-order valence-electron chi connectivity index (χ4n) is 1.59. The summed E-state index contributed by atoms with van der Waals surface area (Å²) in [6, 6.07) is 1.31. The van der Waals surface area contributed by atoms with E-state index in [1.165, 1.54) is 6.07 Å². The number of hydrogen-bond donors (Lipinski definition) is 1. The summed E-state index contributed by atoms with van der Waals surface area (Å²) in [4.78, 5) is 11.6. The van der Waals surface area contributed by atoms with Gasteiger partial charge in [0.05, 0.1) is 5.56 Å². The van der Waals surface area contributed by atoms with E-state index in [-0.39, 0.29) is 29.3 Å². The van der Waals surface area contributed by atoms with Crippen LogP contribution in [-0.4, -0.2) is 25.5 Å². The van der Waals surface area contributed by atoms with Crippen LogP contribution in [0, 0.1) is 5.82 Å². The topological polar surface area (TPSA) is 61.6 Å². The predicted octanol–water partition coefficient (Wildman–Crippen LogP) is 1.78. The van der Waals surface area contributed by atoms with Gasteiger partial charge in [-0.3, -0.25) is 4.79 Å². The van der Waals surface area contributed by atoms with Crippen molar-refractivity contribution in [3.8, 4) is 11.5 Å². The molecule has 0 aromatic heterocycles. The third-order valence-corrected chi connectivity index (χ3v) is 2.72. The van der Waals surface area contributed by atoms with E-state index in [0.717, 1.165) is 0 Å². The molecule has 1 heterocycles. The number of carbonyl (C=O) groups is 1. The van der Waals surface area contributed by atoms with Crippen LogP contribution in [-0.2, 0) is 0 Å². The Morgan fingerprint density at radius 1 is 1.47 bits per heavy atom. The molecule has 1 aromatic carbocycles. The zero-order valence-corrected chi connectivity index (χ0v) is 9.72. The Morgan fingerprint density at radius 3 is 2.88 bits per heavy atom. The fraction of sp³-hybridized carbons (Fsp3) is 0.364. The second-order valence-electron chi connectivity index (χ2n) is 3.54. The minimum atomic E-state index is -0.783. The highest BCUT2D eigenvalue weighted by Gasteiger charge is 2.24. The second kappa shape index (κ2) is 4.89. The highest BCUT2D eigenvalue weighted by atomic mass is 35.5. The molecule has 0 amide bonds. The van der Waals surface area contributed by atoms with Gasteiger partial charge >= 0.3 is 0 Å². The number of ketones is 1. The SMILES string of the molecule is NCCC(=O)c1cc2c(c(Cl)c1F)OCCO2. The minimum absolute atomic E-state index is 0.0624. The van der Waals surface area contributed by atoms with Gasteiger partial charge in [0.2, 0.25) is 0 Å². The van der Waals surface area contributed by atoms with Gasteiger partial charge in [0.15, 0.2) is 23.1 Å². The molecule has 0 saturated carbocycles. The molecular formula is C11H11ClFNO3. The van der Waals surface area contributed by atoms with Crippen LogP contribution in [0.25, 0.3) is 0 Å². The first-order valence-electron chi connectivity index (χ1n) is 5.16. The number of hydrogen-bond acceptors (Lipinski definition) is 4. The van der Waals surface area contributed by atoms with E-state index < -0.39 is 11.6 Å². The Hall–Kier alpha value is -1.33. The van der Waals surface area contributed by atoms with Crippen LogP contribution >= 0.6 is 11.6 Å². The van der Waals surface area contributed by atoms with Gasteiger partial charge in [0.1, 0.15) is 18.2 Å². The van der Waals surface area contributed by atoms with Crippen molar-refractivity contribution in [1.82, 2.24) is 0 Å². The molecule has 0 spiro atoms. The fourth-order valence-corrected chi connectivity index (χ4v) is 1.84. The molecule has 0 fully saturated rings. The number of rotatable bonds is 3. The first-order valence-corrected chi connectivity index (χ1v) is 5.53. The highest BCUT2D eigenvalue weighted by molar-refractivity contribution is 6.33. The molecule has 2 rings (SSSR count). The van der Waals surface area contributed by atoms with E-state index in [0.29, 0.717) is 19.0 Å². The smallest absolute Gasteiger partial charge is 0.182 e. The lowest BCUT2D eigenvalue weighted by molar-refractivity contribution is 0.0980. The molecule has 1 aromatic rings. The molecule has 0 bridgehead atoms. The zero-order chi connectivity index (χ0) is 12.4. The van der Waals surface area contributed by atoms with E-state index in [1.807, 2.05) is 0 Å². The van der Waals surface area contributed by atoms with Crippen LogP contribution < -0.4 is 15.2 Å². The molecule has 92 valence electrons. The maximum atomic E-state index is 13.8. The Morgan fingerprint density at radius 2 is 2.18 bits per heavy atom. The van der Waals surface area contributed by atoms with E-state index >= 15 is 0 Å². The van der Waals surface area contributed by atoms with Gasteiger partial charge in [-0.1, -0.05) is 11.6 Å². The van der Waals surface area contributed by atoms with Gasteiger partial charge in [0.25, 0.3) is 0 Å². The number of halogens is 2. The summed E-state index contributed by atoms with van der Waals surface area (Å²) in [7, 11) is 0. The monoisotopic (exact) mass is 259 g/mol. The number of Topliss-reactive ketones (excluding diaryl/α,β-unsaturated/α-hetero) is 1. The van der Waals surface area contributed by atoms with E-state index in [1.54, 1.807) is 0 Å². The molecule has 1 aliphatic rings. The lowest BCUT2D eigenvalue weighted by Crippen LogP contribution is -2.18. The molecule has 6 heteroatoms. The molecule has 1 aliphatic heterocycles. The molecule has 0 aliphatic carbocycles. The molecule has 0 saturated heterocycles. The van der Waals surface area contributed by atoms with E-state index in [4.69, 9.17) is 26.8 Å². The number of fused-ring (bicyclic) bond motifs is 1. The van der Waals surface area contributed by atoms with Gasteiger partial charge in [-0.2, -0.15) is 0 Å². The molecular weight excluding hydrogens is 249 g/mol. The van der Waals surface area contributed by atoms with Crippen molar-refractivity contribution in [3.05, 3.63) is 22.5 Å². The van der Waals surface area contributed by atoms with Crippen molar-refractivity contribution in [3.63, 3.8) is 0 Å². The molecule has 2 N–H and O–H groups in total. The number of carbonyl (C=O) groups excluding carboxylic acids is 1. The van der Waals surface area contributed by atoms with Crippen LogP contribution in [0.1, 0.15) is 16.8 Å². The number of benzene rings is 1. The third kappa shape index (κ3) is 2.21. The highest BCUT2D eigenvalue weighted by Crippen LogP contribution is 2.40. The quantitative estimate of drug-likeness (QED) is 0.841. The largest absolute Gasteiger partial charge is 0.486 e. The van der Waals surface area contributed by atoms with Crippen molar-refractivity contribution in [2.45, 2.75) is 6.42 Å². The molecule has 0 atom stereocenters. The predicted molar refractivity (Wildman–Crippen MR) is 60.4 cm³/mol. The maximum absolute atomic E-state index is 13.8. The summed E-state index contributed by atoms with van der Waals surface area (Å²) in [6.07, 6.45) is 0.0624. The lowest BCUT2D eigenvalue weighted by atomic mass is 10.1. The normalized spacial score (nSPS) is 13.6. The second-order valence-corrected chi connectivity index (χ2v) is 3.92. The summed E-state index contributed by atoms with van der Waals surface area (Å²) in [6.45, 7) is 0.812. The van der Waals surface area contributed by atoms with Crippen molar-refractivity contribution in [2.24, 2.45) is 5.73 Å². The van der Waals surface area contributed by atoms with Crippen LogP contribution in [0.2, 0.25) is 5.02 Å². The first kappa shape index (κ1) is 12.1. The maximum Gasteiger partial charge on any atom is 0.182 e. The van der Waals surface area contributed by atoms with Crippen LogP contribution in [0.3, 0.4) is 0 Å². The van der Waals surface area contributed by atoms with Crippen molar-refractivity contribution < 1.29 is 18.7 Å². The van der Waals surface area contributed by atoms with Crippen molar-refractivity contribution >= 4 is 17.4 Å². The zero-order valence-electron chi connectivity index (χ0n) is 8.96. The Bertz CT molecular complexity index is 465. The Kier molecular flexibility index (Phi) is 3.49. The minimum Gasteiger partial charge on any atom is -0.486 e. The van der Waals surface area contributed by atoms with Gasteiger partial charge in [0, 0.05) is 6.42 Å². The summed E-state index contributed by atoms with van der Waals surface area (Å²) >= 11 is 5.80. The Labute approximate surface area is 102 Å². The van der Waals surface area contributed by atoms with Gasteiger partial charge < -0.3 is 15.2 Å². The summed E-state index contributed by atoms with van der Waals surface area (Å²) in [5, 5.41) is -0.220. The van der Waals surface area contributed by atoms with Crippen LogP contribution in [0.4, 0.5) is 4.39 Å². The average Bonchev–Trinajstić information content (AvgIpc) is 2.34. The van der Waals surface area contributed by atoms with E-state index in [9.17, 15) is 9.18 Å². The van der Waals surface area contributed by atoms with Gasteiger partial charge in [-0.15, -0.1) is 0 Å². The summed E-state index contributed by atoms with van der Waals surface area (Å²) in [5.74, 6) is -0.735. The number of ether oxygens (including phenoxy) is 2. The van der Waals surface area contributed by atoms with Crippen LogP contribution in [0.15, 0.2) is 6.07 Å². The molecule has 0 unspecified atom stereocenters.